The fourth-order valence-corrected chi connectivity index (χ4v) is 4.41. The summed E-state index contributed by atoms with van der Waals surface area (Å²) in [5.74, 6) is -0.307. The molecule has 118 valence electrons. The van der Waals surface area contributed by atoms with E-state index in [1.54, 1.807) is 25.1 Å². The van der Waals surface area contributed by atoms with Crippen molar-refractivity contribution < 1.29 is 13.2 Å². The summed E-state index contributed by atoms with van der Waals surface area (Å²) in [6, 6.07) is 5.01. The smallest absolute Gasteiger partial charge is 0.244 e. The van der Waals surface area contributed by atoms with Crippen LogP contribution in [0.1, 0.15) is 26.3 Å². The average Bonchev–Trinajstić information content (AvgIpc) is 2.34. The molecule has 0 unspecified atom stereocenters. The first-order valence-electron chi connectivity index (χ1n) is 6.74. The first-order valence-corrected chi connectivity index (χ1v) is 8.97. The largest absolute Gasteiger partial charge is 0.353 e. The van der Waals surface area contributed by atoms with Crippen LogP contribution < -0.4 is 5.32 Å². The highest BCUT2D eigenvalue weighted by atomic mass is 79.9. The minimum Gasteiger partial charge on any atom is -0.353 e. The van der Waals surface area contributed by atoms with E-state index in [0.29, 0.717) is 4.47 Å². The first-order chi connectivity index (χ1) is 9.68. The number of carbonyl (C=O) groups excluding carboxylic acids is 1. The molecule has 1 amide bonds. The van der Waals surface area contributed by atoms with Gasteiger partial charge >= 0.3 is 0 Å². The fourth-order valence-electron chi connectivity index (χ4n) is 1.85. The molecule has 0 aliphatic carbocycles. The van der Waals surface area contributed by atoms with E-state index in [1.165, 1.54) is 4.31 Å². The number of rotatable bonds is 6. The van der Waals surface area contributed by atoms with Crippen molar-refractivity contribution in [2.24, 2.45) is 0 Å². The summed E-state index contributed by atoms with van der Waals surface area (Å²) in [5, 5.41) is 2.70. The molecule has 0 radical (unpaired) electrons. The molecule has 0 spiro atoms. The maximum absolute atomic E-state index is 12.6. The van der Waals surface area contributed by atoms with Crippen molar-refractivity contribution in [3.8, 4) is 0 Å². The maximum atomic E-state index is 12.6. The van der Waals surface area contributed by atoms with Crippen LogP contribution >= 0.6 is 15.9 Å². The van der Waals surface area contributed by atoms with Crippen LogP contribution in [0.5, 0.6) is 0 Å². The van der Waals surface area contributed by atoms with Crippen molar-refractivity contribution in [2.75, 3.05) is 13.1 Å². The zero-order chi connectivity index (χ0) is 16.2. The normalized spacial score (nSPS) is 12.0. The van der Waals surface area contributed by atoms with Crippen molar-refractivity contribution in [1.29, 1.82) is 0 Å². The molecule has 1 N–H and O–H groups in total. The topological polar surface area (TPSA) is 66.5 Å². The number of carbonyl (C=O) groups is 1. The van der Waals surface area contributed by atoms with Gasteiger partial charge in [0.1, 0.15) is 0 Å². The predicted molar refractivity (Wildman–Crippen MR) is 86.6 cm³/mol. The van der Waals surface area contributed by atoms with Crippen molar-refractivity contribution in [3.63, 3.8) is 0 Å². The maximum Gasteiger partial charge on any atom is 0.244 e. The summed E-state index contributed by atoms with van der Waals surface area (Å²) >= 11 is 3.28. The van der Waals surface area contributed by atoms with Crippen LogP contribution in [0.25, 0.3) is 0 Å². The number of hydrogen-bond donors (Lipinski definition) is 1. The molecule has 1 aromatic rings. The summed E-state index contributed by atoms with van der Waals surface area (Å²) in [6.45, 7) is 7.31. The first kappa shape index (κ1) is 18.1. The fraction of sp³-hybridized carbons (Fsp3) is 0.500. The van der Waals surface area contributed by atoms with E-state index in [9.17, 15) is 13.2 Å². The Kier molecular flexibility index (Phi) is 6.37. The molecule has 0 fully saturated rings. The quantitative estimate of drug-likeness (QED) is 0.827. The lowest BCUT2D eigenvalue weighted by atomic mass is 10.2. The predicted octanol–water partition coefficient (Wildman–Crippen LogP) is 2.29. The number of nitrogens with one attached hydrogen (secondary N) is 1. The molecular formula is C14H21BrN2O3S. The standard InChI is InChI=1S/C14H21BrN2O3S/c1-5-17(9-14(18)16-10(2)3)21(19,20)13-7-6-11(4)8-12(13)15/h6-8,10H,5,9H2,1-4H3,(H,16,18). The monoisotopic (exact) mass is 376 g/mol. The number of hydrogen-bond acceptors (Lipinski definition) is 3. The summed E-state index contributed by atoms with van der Waals surface area (Å²) in [7, 11) is -3.70. The van der Waals surface area contributed by atoms with Gasteiger partial charge in [-0.15, -0.1) is 0 Å². The Morgan fingerprint density at radius 1 is 1.38 bits per heavy atom. The van der Waals surface area contributed by atoms with Crippen LogP contribution in [0.2, 0.25) is 0 Å². The zero-order valence-electron chi connectivity index (χ0n) is 12.7. The molecule has 0 aliphatic heterocycles. The van der Waals surface area contributed by atoms with Gasteiger partial charge in [-0.25, -0.2) is 8.42 Å². The molecule has 0 bridgehead atoms. The van der Waals surface area contributed by atoms with Crippen LogP contribution in [0, 0.1) is 6.92 Å². The number of aryl methyl sites for hydroxylation is 1. The number of likely N-dealkylation sites (N-methyl/N-ethyl adjacent to an activating group) is 1. The van der Waals surface area contributed by atoms with Crippen molar-refractivity contribution in [3.05, 3.63) is 28.2 Å². The molecular weight excluding hydrogens is 356 g/mol. The molecule has 0 saturated carbocycles. The SMILES string of the molecule is CCN(CC(=O)NC(C)C)S(=O)(=O)c1ccc(C)cc1Br. The Hall–Kier alpha value is -0.920. The second-order valence-electron chi connectivity index (χ2n) is 5.09. The van der Waals surface area contributed by atoms with E-state index in [4.69, 9.17) is 0 Å². The molecule has 0 heterocycles. The number of amides is 1. The van der Waals surface area contributed by atoms with Gasteiger partial charge in [-0.1, -0.05) is 13.0 Å². The molecule has 5 nitrogen and oxygen atoms in total. The molecule has 0 aliphatic rings. The highest BCUT2D eigenvalue weighted by Gasteiger charge is 2.27. The van der Waals surface area contributed by atoms with E-state index in [2.05, 4.69) is 21.2 Å². The summed E-state index contributed by atoms with van der Waals surface area (Å²) in [6.07, 6.45) is 0. The van der Waals surface area contributed by atoms with Gasteiger partial charge in [-0.2, -0.15) is 4.31 Å². The molecule has 7 heteroatoms. The third-order valence-corrected chi connectivity index (χ3v) is 5.73. The number of benzene rings is 1. The van der Waals surface area contributed by atoms with E-state index < -0.39 is 10.0 Å². The Bertz CT molecular complexity index is 615. The second-order valence-corrected chi connectivity index (χ2v) is 7.85. The van der Waals surface area contributed by atoms with E-state index in [1.807, 2.05) is 20.8 Å². The highest BCUT2D eigenvalue weighted by Crippen LogP contribution is 2.25. The second kappa shape index (κ2) is 7.38. The minimum absolute atomic E-state index is 0.0231. The van der Waals surface area contributed by atoms with Crippen LogP contribution in [-0.2, 0) is 14.8 Å². The Balaban J connectivity index is 3.05. The van der Waals surface area contributed by atoms with Gasteiger partial charge in [0, 0.05) is 17.1 Å². The van der Waals surface area contributed by atoms with Gasteiger partial charge < -0.3 is 5.32 Å². The third kappa shape index (κ3) is 4.79. The van der Waals surface area contributed by atoms with Crippen molar-refractivity contribution in [1.82, 2.24) is 9.62 Å². The molecule has 1 aromatic carbocycles. The Morgan fingerprint density at radius 2 is 2.00 bits per heavy atom. The number of halogens is 1. The Morgan fingerprint density at radius 3 is 2.48 bits per heavy atom. The van der Waals surface area contributed by atoms with Crippen LogP contribution in [0.4, 0.5) is 0 Å². The lowest BCUT2D eigenvalue weighted by Gasteiger charge is -2.21. The number of nitrogens with zero attached hydrogens (tertiary/aromatic N) is 1. The van der Waals surface area contributed by atoms with Gasteiger partial charge in [0.25, 0.3) is 0 Å². The van der Waals surface area contributed by atoms with Crippen molar-refractivity contribution >= 4 is 31.9 Å². The highest BCUT2D eigenvalue weighted by molar-refractivity contribution is 9.10. The van der Waals surface area contributed by atoms with Crippen LogP contribution in [0.15, 0.2) is 27.6 Å². The van der Waals surface area contributed by atoms with Gasteiger partial charge in [0.15, 0.2) is 0 Å². The van der Waals surface area contributed by atoms with E-state index in [-0.39, 0.29) is 29.9 Å². The average molecular weight is 377 g/mol. The number of sulfonamides is 1. The van der Waals surface area contributed by atoms with Crippen molar-refractivity contribution in [2.45, 2.75) is 38.6 Å². The van der Waals surface area contributed by atoms with Gasteiger partial charge in [-0.05, 0) is 54.4 Å². The van der Waals surface area contributed by atoms with Gasteiger partial charge in [0.2, 0.25) is 15.9 Å². The van der Waals surface area contributed by atoms with Crippen LogP contribution in [0.3, 0.4) is 0 Å². The molecule has 0 aromatic heterocycles. The summed E-state index contributed by atoms with van der Waals surface area (Å²) in [4.78, 5) is 12.0. The van der Waals surface area contributed by atoms with Gasteiger partial charge in [0.05, 0.1) is 11.4 Å². The molecule has 1 rings (SSSR count). The lowest BCUT2D eigenvalue weighted by Crippen LogP contribution is -2.42. The van der Waals surface area contributed by atoms with Crippen LogP contribution in [-0.4, -0.2) is 37.8 Å². The van der Waals surface area contributed by atoms with E-state index >= 15 is 0 Å². The summed E-state index contributed by atoms with van der Waals surface area (Å²) in [5.41, 5.74) is 0.960. The molecule has 21 heavy (non-hydrogen) atoms. The van der Waals surface area contributed by atoms with Gasteiger partial charge in [-0.3, -0.25) is 4.79 Å². The Labute approximate surface area is 134 Å². The minimum atomic E-state index is -3.70. The molecule has 0 atom stereocenters. The summed E-state index contributed by atoms with van der Waals surface area (Å²) < 4.78 is 26.9. The molecule has 0 saturated heterocycles. The van der Waals surface area contributed by atoms with E-state index in [0.717, 1.165) is 5.56 Å². The zero-order valence-corrected chi connectivity index (χ0v) is 15.1. The third-order valence-electron chi connectivity index (χ3n) is 2.83. The lowest BCUT2D eigenvalue weighted by molar-refractivity contribution is -0.121.